The Morgan fingerprint density at radius 1 is 0.365 bits per heavy atom. The van der Waals surface area contributed by atoms with Crippen LogP contribution in [0.2, 0.25) is 0 Å². The zero-order valence-corrected chi connectivity index (χ0v) is 28.0. The lowest BCUT2D eigenvalue weighted by molar-refractivity contribution is 1.01. The molecular weight excluding hydrogens is 633 g/mol. The van der Waals surface area contributed by atoms with Crippen molar-refractivity contribution in [2.75, 3.05) is 4.90 Å². The fourth-order valence-corrected chi connectivity index (χ4v) is 9.03. The highest BCUT2D eigenvalue weighted by atomic mass is 15.2. The molecule has 0 amide bonds. The molecule has 0 bridgehead atoms. The van der Waals surface area contributed by atoms with Crippen molar-refractivity contribution < 1.29 is 0 Å². The molecule has 0 radical (unpaired) electrons. The third-order valence-electron chi connectivity index (χ3n) is 11.1. The van der Waals surface area contributed by atoms with Crippen LogP contribution in [-0.4, -0.2) is 14.5 Å². The van der Waals surface area contributed by atoms with Gasteiger partial charge in [-0.1, -0.05) is 133 Å². The summed E-state index contributed by atoms with van der Waals surface area (Å²) in [5, 5.41) is 13.5. The Kier molecular flexibility index (Phi) is 5.47. The van der Waals surface area contributed by atoms with Gasteiger partial charge in [-0.25, -0.2) is 9.97 Å². The maximum Gasteiger partial charge on any atom is 0.235 e. The van der Waals surface area contributed by atoms with Crippen LogP contribution < -0.4 is 4.90 Å². The standard InChI is InChI=1S/C48H28N4/c1-2-15-29(16-3-1)51-40-27-13-11-24-37(40)46-45-38(25-14-28-41(45)51)49-48(50-46)52-39-26-12-10-23-36(39)44-43-33-20-7-5-18-31(33)30-17-4-6-19-32(30)42(43)34-21-8-9-22-35(34)47(44)52/h1-28H. The van der Waals surface area contributed by atoms with E-state index in [1.54, 1.807) is 0 Å². The second-order valence-corrected chi connectivity index (χ2v) is 13.7. The van der Waals surface area contributed by atoms with Crippen LogP contribution in [0, 0.1) is 0 Å². The van der Waals surface area contributed by atoms with Gasteiger partial charge in [-0.2, -0.15) is 0 Å². The molecule has 0 saturated heterocycles. The van der Waals surface area contributed by atoms with Gasteiger partial charge in [-0.15, -0.1) is 0 Å². The molecule has 12 rings (SSSR count). The van der Waals surface area contributed by atoms with E-state index in [-0.39, 0.29) is 0 Å². The Morgan fingerprint density at radius 2 is 0.942 bits per heavy atom. The zero-order chi connectivity index (χ0) is 33.9. The van der Waals surface area contributed by atoms with E-state index in [0.29, 0.717) is 5.95 Å². The summed E-state index contributed by atoms with van der Waals surface area (Å²) in [6.07, 6.45) is 0. The molecule has 52 heavy (non-hydrogen) atoms. The van der Waals surface area contributed by atoms with Gasteiger partial charge in [-0.05, 0) is 68.7 Å². The van der Waals surface area contributed by atoms with E-state index >= 15 is 0 Å². The summed E-state index contributed by atoms with van der Waals surface area (Å²) in [7, 11) is 0. The molecule has 0 spiro atoms. The van der Waals surface area contributed by atoms with Gasteiger partial charge >= 0.3 is 0 Å². The summed E-state index contributed by atoms with van der Waals surface area (Å²) in [5.41, 5.74) is 8.47. The fourth-order valence-electron chi connectivity index (χ4n) is 9.03. The molecule has 1 aliphatic rings. The molecule has 4 heteroatoms. The van der Waals surface area contributed by atoms with Crippen LogP contribution in [0.4, 0.5) is 17.1 Å². The van der Waals surface area contributed by atoms with Crippen molar-refractivity contribution in [1.29, 1.82) is 0 Å². The average Bonchev–Trinajstić information content (AvgIpc) is 3.56. The third-order valence-corrected chi connectivity index (χ3v) is 11.1. The Labute approximate surface area is 298 Å². The minimum Gasteiger partial charge on any atom is -0.309 e. The molecule has 0 saturated carbocycles. The minimum atomic E-state index is 0.670. The summed E-state index contributed by atoms with van der Waals surface area (Å²) in [4.78, 5) is 13.4. The fraction of sp³-hybridized carbons (Fsp3) is 0. The first-order chi connectivity index (χ1) is 25.8. The van der Waals surface area contributed by atoms with Crippen LogP contribution in [0.25, 0.3) is 93.0 Å². The predicted molar refractivity (Wildman–Crippen MR) is 218 cm³/mol. The second kappa shape index (κ2) is 10.3. The summed E-state index contributed by atoms with van der Waals surface area (Å²) >= 11 is 0. The molecule has 0 fully saturated rings. The zero-order valence-electron chi connectivity index (χ0n) is 28.0. The van der Waals surface area contributed by atoms with Crippen LogP contribution in [0.15, 0.2) is 170 Å². The van der Waals surface area contributed by atoms with Gasteiger partial charge in [-0.3, -0.25) is 4.57 Å². The Morgan fingerprint density at radius 3 is 1.71 bits per heavy atom. The average molecular weight is 661 g/mol. The van der Waals surface area contributed by atoms with Crippen molar-refractivity contribution in [2.45, 2.75) is 0 Å². The number of nitrogens with zero attached hydrogens (tertiary/aromatic N) is 4. The molecule has 0 unspecified atom stereocenters. The van der Waals surface area contributed by atoms with E-state index in [2.05, 4.69) is 179 Å². The van der Waals surface area contributed by atoms with E-state index in [9.17, 15) is 0 Å². The number of hydrogen-bond acceptors (Lipinski definition) is 3. The molecular formula is C48H28N4. The van der Waals surface area contributed by atoms with Crippen molar-refractivity contribution in [3.63, 3.8) is 0 Å². The molecule has 0 N–H and O–H groups in total. The number of anilines is 3. The maximum atomic E-state index is 5.57. The number of aromatic nitrogens is 3. The van der Waals surface area contributed by atoms with Crippen LogP contribution in [0.3, 0.4) is 0 Å². The van der Waals surface area contributed by atoms with Gasteiger partial charge in [0.2, 0.25) is 5.95 Å². The van der Waals surface area contributed by atoms with Gasteiger partial charge in [0.25, 0.3) is 0 Å². The first-order valence-electron chi connectivity index (χ1n) is 17.8. The van der Waals surface area contributed by atoms with Crippen LogP contribution in [0.5, 0.6) is 0 Å². The molecule has 3 heterocycles. The lowest BCUT2D eigenvalue weighted by Crippen LogP contribution is -2.16. The van der Waals surface area contributed by atoms with Gasteiger partial charge in [0.05, 0.1) is 39.0 Å². The van der Waals surface area contributed by atoms with E-state index in [0.717, 1.165) is 50.3 Å². The largest absolute Gasteiger partial charge is 0.309 e. The van der Waals surface area contributed by atoms with Gasteiger partial charge in [0, 0.05) is 32.8 Å². The van der Waals surface area contributed by atoms with Gasteiger partial charge < -0.3 is 4.90 Å². The Balaban J connectivity index is 1.28. The monoisotopic (exact) mass is 660 g/mol. The maximum absolute atomic E-state index is 5.57. The molecule has 0 aliphatic carbocycles. The topological polar surface area (TPSA) is 34.0 Å². The lowest BCUT2D eigenvalue weighted by atomic mass is 9.88. The van der Waals surface area contributed by atoms with E-state index in [4.69, 9.17) is 9.97 Å². The number of hydrogen-bond donors (Lipinski definition) is 0. The van der Waals surface area contributed by atoms with Gasteiger partial charge in [0.1, 0.15) is 0 Å². The number of rotatable bonds is 2. The molecule has 0 atom stereocenters. The molecule has 11 aromatic rings. The van der Waals surface area contributed by atoms with Crippen molar-refractivity contribution >= 4 is 92.9 Å². The Bertz CT molecular complexity index is 3310. The molecule has 2 aromatic heterocycles. The van der Waals surface area contributed by atoms with Crippen molar-refractivity contribution in [3.8, 4) is 17.2 Å². The summed E-state index contributed by atoms with van der Waals surface area (Å²) in [6, 6.07) is 61.0. The predicted octanol–water partition coefficient (Wildman–Crippen LogP) is 12.8. The van der Waals surface area contributed by atoms with E-state index in [1.807, 2.05) is 0 Å². The highest BCUT2D eigenvalue weighted by Crippen LogP contribution is 2.51. The van der Waals surface area contributed by atoms with Crippen LogP contribution >= 0.6 is 0 Å². The van der Waals surface area contributed by atoms with Gasteiger partial charge in [0.15, 0.2) is 0 Å². The Hall–Kier alpha value is -7.04. The van der Waals surface area contributed by atoms with Crippen LogP contribution in [0.1, 0.15) is 0 Å². The van der Waals surface area contributed by atoms with Crippen molar-refractivity contribution in [2.24, 2.45) is 0 Å². The molecule has 9 aromatic carbocycles. The summed E-state index contributed by atoms with van der Waals surface area (Å²) < 4.78 is 2.32. The lowest BCUT2D eigenvalue weighted by Gasteiger charge is -2.32. The second-order valence-electron chi connectivity index (χ2n) is 13.7. The van der Waals surface area contributed by atoms with Crippen LogP contribution in [-0.2, 0) is 0 Å². The molecule has 240 valence electrons. The number of benzene rings is 9. The molecule has 1 aliphatic heterocycles. The van der Waals surface area contributed by atoms with E-state index in [1.165, 1.54) is 53.9 Å². The number of fused-ring (bicyclic) bond motifs is 15. The first-order valence-corrected chi connectivity index (χ1v) is 17.8. The smallest absolute Gasteiger partial charge is 0.235 e. The van der Waals surface area contributed by atoms with E-state index < -0.39 is 0 Å². The minimum absolute atomic E-state index is 0.670. The quantitative estimate of drug-likeness (QED) is 0.173. The first kappa shape index (κ1) is 27.7. The SMILES string of the molecule is c1ccc(N2c3ccccc3-c3nc(-n4c5ccccc5c5c6c7ccccc7c7ccccc7c6c6ccccc6c54)nc4cccc2c34)cc1. The highest BCUT2D eigenvalue weighted by molar-refractivity contribution is 6.42. The highest BCUT2D eigenvalue weighted by Gasteiger charge is 2.29. The normalized spacial score (nSPS) is 12.6. The van der Waals surface area contributed by atoms with Crippen molar-refractivity contribution in [1.82, 2.24) is 14.5 Å². The number of para-hydroxylation sites is 3. The molecule has 4 nitrogen and oxygen atoms in total. The summed E-state index contributed by atoms with van der Waals surface area (Å²) in [5.74, 6) is 0.670. The summed E-state index contributed by atoms with van der Waals surface area (Å²) in [6.45, 7) is 0. The van der Waals surface area contributed by atoms with Crippen molar-refractivity contribution in [3.05, 3.63) is 170 Å². The third kappa shape index (κ3) is 3.55.